The van der Waals surface area contributed by atoms with Crippen molar-refractivity contribution in [3.63, 3.8) is 0 Å². The number of hydrogen-bond donors (Lipinski definition) is 1. The molecule has 1 heterocycles. The van der Waals surface area contributed by atoms with Crippen molar-refractivity contribution in [3.8, 4) is 0 Å². The van der Waals surface area contributed by atoms with Gasteiger partial charge in [-0.05, 0) is 20.3 Å². The highest BCUT2D eigenvalue weighted by atomic mass is 16.1. The van der Waals surface area contributed by atoms with Crippen molar-refractivity contribution in [3.05, 3.63) is 28.4 Å². The monoisotopic (exact) mass is 223 g/mol. The summed E-state index contributed by atoms with van der Waals surface area (Å²) in [5.41, 5.74) is 0.797. The molecule has 0 aliphatic heterocycles. The molecule has 0 radical (unpaired) electrons. The fourth-order valence-corrected chi connectivity index (χ4v) is 1.65. The van der Waals surface area contributed by atoms with Crippen LogP contribution in [-0.2, 0) is 6.54 Å². The van der Waals surface area contributed by atoms with Crippen molar-refractivity contribution in [2.24, 2.45) is 0 Å². The van der Waals surface area contributed by atoms with Gasteiger partial charge in [0, 0.05) is 30.9 Å². The van der Waals surface area contributed by atoms with E-state index in [0.717, 1.165) is 12.2 Å². The topological polar surface area (TPSA) is 46.9 Å². The Bertz CT molecular complexity index is 373. The summed E-state index contributed by atoms with van der Waals surface area (Å²) < 4.78 is 1.64. The molecule has 0 aliphatic rings. The first-order valence-electron chi connectivity index (χ1n) is 5.90. The van der Waals surface area contributed by atoms with Gasteiger partial charge in [-0.1, -0.05) is 13.3 Å². The Morgan fingerprint density at radius 2 is 2.31 bits per heavy atom. The van der Waals surface area contributed by atoms with Gasteiger partial charge in [0.15, 0.2) is 0 Å². The third kappa shape index (κ3) is 4.14. The predicted octanol–water partition coefficient (Wildman–Crippen LogP) is 1.33. The van der Waals surface area contributed by atoms with E-state index in [9.17, 15) is 4.79 Å². The zero-order chi connectivity index (χ0) is 12.0. The molecule has 4 nitrogen and oxygen atoms in total. The van der Waals surface area contributed by atoms with Crippen LogP contribution in [0.15, 0.2) is 17.2 Å². The van der Waals surface area contributed by atoms with Crippen LogP contribution in [0, 0.1) is 6.92 Å². The lowest BCUT2D eigenvalue weighted by Gasteiger charge is -2.13. The molecule has 16 heavy (non-hydrogen) atoms. The van der Waals surface area contributed by atoms with Crippen LogP contribution < -0.4 is 10.9 Å². The maximum atomic E-state index is 11.5. The average molecular weight is 223 g/mol. The quantitative estimate of drug-likeness (QED) is 0.791. The first-order chi connectivity index (χ1) is 7.63. The Morgan fingerprint density at radius 3 is 2.94 bits per heavy atom. The zero-order valence-corrected chi connectivity index (χ0v) is 10.4. The number of aryl methyl sites for hydroxylation is 1. The van der Waals surface area contributed by atoms with Gasteiger partial charge >= 0.3 is 0 Å². The number of rotatable bonds is 6. The highest BCUT2D eigenvalue weighted by Crippen LogP contribution is 1.94. The summed E-state index contributed by atoms with van der Waals surface area (Å²) in [4.78, 5) is 15.6. The average Bonchev–Trinajstić information content (AvgIpc) is 2.22. The summed E-state index contributed by atoms with van der Waals surface area (Å²) in [5, 5.41) is 3.39. The molecule has 1 unspecified atom stereocenters. The van der Waals surface area contributed by atoms with Crippen LogP contribution in [0.5, 0.6) is 0 Å². The van der Waals surface area contributed by atoms with Gasteiger partial charge in [-0.25, -0.2) is 4.98 Å². The van der Waals surface area contributed by atoms with Crippen LogP contribution in [0.25, 0.3) is 0 Å². The first kappa shape index (κ1) is 12.9. The van der Waals surface area contributed by atoms with Crippen molar-refractivity contribution in [2.75, 3.05) is 6.54 Å². The Kier molecular flexibility index (Phi) is 5.19. The molecule has 0 saturated heterocycles. The van der Waals surface area contributed by atoms with E-state index < -0.39 is 0 Å². The lowest BCUT2D eigenvalue weighted by molar-refractivity contribution is 0.480. The van der Waals surface area contributed by atoms with Crippen LogP contribution in [0.2, 0.25) is 0 Å². The molecule has 1 aromatic rings. The van der Waals surface area contributed by atoms with Gasteiger partial charge in [0.1, 0.15) is 0 Å². The maximum absolute atomic E-state index is 11.5. The Labute approximate surface area is 96.7 Å². The molecule has 0 aliphatic carbocycles. The molecular formula is C12H21N3O. The van der Waals surface area contributed by atoms with E-state index in [1.165, 1.54) is 12.8 Å². The van der Waals surface area contributed by atoms with Crippen molar-refractivity contribution in [1.29, 1.82) is 0 Å². The standard InChI is InChI=1S/C12H21N3O/c1-4-5-10(2)13-6-7-15-9-14-11(3)8-12(15)16/h8-10,13H,4-7H2,1-3H3. The van der Waals surface area contributed by atoms with Crippen molar-refractivity contribution < 1.29 is 0 Å². The van der Waals surface area contributed by atoms with E-state index >= 15 is 0 Å². The van der Waals surface area contributed by atoms with Crippen LogP contribution >= 0.6 is 0 Å². The van der Waals surface area contributed by atoms with Gasteiger partial charge < -0.3 is 5.32 Å². The Hall–Kier alpha value is -1.16. The SMILES string of the molecule is CCCC(C)NCCn1cnc(C)cc1=O. The molecule has 0 saturated carbocycles. The van der Waals surface area contributed by atoms with E-state index in [1.54, 1.807) is 17.0 Å². The summed E-state index contributed by atoms with van der Waals surface area (Å²) in [5.74, 6) is 0. The lowest BCUT2D eigenvalue weighted by Crippen LogP contribution is -2.32. The number of hydrogen-bond acceptors (Lipinski definition) is 3. The van der Waals surface area contributed by atoms with Crippen LogP contribution in [-0.4, -0.2) is 22.1 Å². The third-order valence-corrected chi connectivity index (χ3v) is 2.58. The third-order valence-electron chi connectivity index (χ3n) is 2.58. The molecule has 0 spiro atoms. The van der Waals surface area contributed by atoms with Crippen molar-refractivity contribution >= 4 is 0 Å². The number of nitrogens with zero attached hydrogens (tertiary/aromatic N) is 2. The van der Waals surface area contributed by atoms with Gasteiger partial charge in [-0.15, -0.1) is 0 Å². The second-order valence-corrected chi connectivity index (χ2v) is 4.21. The van der Waals surface area contributed by atoms with E-state index in [2.05, 4.69) is 24.1 Å². The Morgan fingerprint density at radius 1 is 1.56 bits per heavy atom. The molecule has 1 rings (SSSR count). The zero-order valence-electron chi connectivity index (χ0n) is 10.4. The largest absolute Gasteiger partial charge is 0.312 e. The summed E-state index contributed by atoms with van der Waals surface area (Å²) in [6.45, 7) is 7.66. The van der Waals surface area contributed by atoms with E-state index in [4.69, 9.17) is 0 Å². The predicted molar refractivity (Wildman–Crippen MR) is 65.6 cm³/mol. The molecule has 0 aromatic carbocycles. The summed E-state index contributed by atoms with van der Waals surface area (Å²) in [7, 11) is 0. The van der Waals surface area contributed by atoms with Crippen LogP contribution in [0.3, 0.4) is 0 Å². The van der Waals surface area contributed by atoms with Crippen molar-refractivity contribution in [1.82, 2.24) is 14.9 Å². The fourth-order valence-electron chi connectivity index (χ4n) is 1.65. The minimum Gasteiger partial charge on any atom is -0.312 e. The highest BCUT2D eigenvalue weighted by Gasteiger charge is 2.00. The molecular weight excluding hydrogens is 202 g/mol. The van der Waals surface area contributed by atoms with Gasteiger partial charge in [0.2, 0.25) is 0 Å². The Balaban J connectivity index is 2.40. The van der Waals surface area contributed by atoms with Crippen LogP contribution in [0.1, 0.15) is 32.4 Å². The summed E-state index contributed by atoms with van der Waals surface area (Å²) in [6, 6.07) is 2.08. The second kappa shape index (κ2) is 6.43. The molecule has 0 fully saturated rings. The van der Waals surface area contributed by atoms with Crippen molar-refractivity contribution in [2.45, 2.75) is 46.2 Å². The molecule has 1 aromatic heterocycles. The van der Waals surface area contributed by atoms with Gasteiger partial charge in [0.25, 0.3) is 5.56 Å². The molecule has 4 heteroatoms. The summed E-state index contributed by atoms with van der Waals surface area (Å²) in [6.07, 6.45) is 3.96. The number of nitrogens with one attached hydrogen (secondary N) is 1. The smallest absolute Gasteiger partial charge is 0.253 e. The van der Waals surface area contributed by atoms with E-state index in [0.29, 0.717) is 12.6 Å². The van der Waals surface area contributed by atoms with Crippen LogP contribution in [0.4, 0.5) is 0 Å². The normalized spacial score (nSPS) is 12.7. The molecule has 1 atom stereocenters. The molecule has 0 amide bonds. The summed E-state index contributed by atoms with van der Waals surface area (Å²) >= 11 is 0. The number of aromatic nitrogens is 2. The highest BCUT2D eigenvalue weighted by molar-refractivity contribution is 4.95. The molecule has 0 bridgehead atoms. The molecule has 90 valence electrons. The minimum absolute atomic E-state index is 0.0254. The maximum Gasteiger partial charge on any atom is 0.253 e. The lowest BCUT2D eigenvalue weighted by atomic mass is 10.2. The van der Waals surface area contributed by atoms with E-state index in [1.807, 2.05) is 6.92 Å². The van der Waals surface area contributed by atoms with Gasteiger partial charge in [0.05, 0.1) is 6.33 Å². The van der Waals surface area contributed by atoms with Gasteiger partial charge in [-0.2, -0.15) is 0 Å². The fraction of sp³-hybridized carbons (Fsp3) is 0.667. The second-order valence-electron chi connectivity index (χ2n) is 4.21. The molecule has 1 N–H and O–H groups in total. The van der Waals surface area contributed by atoms with E-state index in [-0.39, 0.29) is 5.56 Å². The van der Waals surface area contributed by atoms with Gasteiger partial charge in [-0.3, -0.25) is 9.36 Å². The minimum atomic E-state index is 0.0254. The first-order valence-corrected chi connectivity index (χ1v) is 5.90.